The second-order valence-electron chi connectivity index (χ2n) is 6.70. The summed E-state index contributed by atoms with van der Waals surface area (Å²) in [4.78, 5) is 32.3. The van der Waals surface area contributed by atoms with E-state index in [2.05, 4.69) is 31.2 Å². The van der Waals surface area contributed by atoms with E-state index in [0.29, 0.717) is 25.5 Å². The number of amides is 3. The zero-order valence-corrected chi connectivity index (χ0v) is 17.6. The Morgan fingerprint density at radius 3 is 2.61 bits per heavy atom. The molecule has 0 saturated heterocycles. The maximum absolute atomic E-state index is 11.9. The molecule has 2 aromatic heterocycles. The summed E-state index contributed by atoms with van der Waals surface area (Å²) in [5, 5.41) is 12.9. The van der Waals surface area contributed by atoms with Gasteiger partial charge in [0.1, 0.15) is 12.4 Å². The fourth-order valence-corrected chi connectivity index (χ4v) is 3.09. The van der Waals surface area contributed by atoms with Crippen LogP contribution in [0.4, 0.5) is 15.4 Å². The third kappa shape index (κ3) is 5.89. The molecule has 2 heterocycles. The summed E-state index contributed by atoms with van der Waals surface area (Å²) in [6, 6.07) is 9.28. The lowest BCUT2D eigenvalue weighted by Crippen LogP contribution is -2.28. The van der Waals surface area contributed by atoms with Crippen LogP contribution in [0.1, 0.15) is 12.5 Å². The Balaban J connectivity index is 1.92. The molecule has 0 aliphatic rings. The third-order valence-corrected chi connectivity index (χ3v) is 4.57. The number of nitrogens with one attached hydrogen (secondary N) is 4. The van der Waals surface area contributed by atoms with Gasteiger partial charge in [0.05, 0.1) is 0 Å². The molecule has 0 unspecified atom stereocenters. The van der Waals surface area contributed by atoms with Crippen molar-refractivity contribution in [3.63, 3.8) is 0 Å². The van der Waals surface area contributed by atoms with Crippen LogP contribution in [0.15, 0.2) is 48.9 Å². The van der Waals surface area contributed by atoms with E-state index in [0.717, 1.165) is 27.5 Å². The minimum absolute atomic E-state index is 0.288. The van der Waals surface area contributed by atoms with Crippen molar-refractivity contribution in [1.82, 2.24) is 25.9 Å². The fourth-order valence-electron chi connectivity index (χ4n) is 3.09. The van der Waals surface area contributed by atoms with E-state index in [4.69, 9.17) is 4.74 Å². The number of ether oxygens (including phenoxy) is 1. The predicted molar refractivity (Wildman–Crippen MR) is 120 cm³/mol. The SMILES string of the molecule is CCNC(=O)Nc1cc2c(-c3ccncc3)ccc(CNC(=O)OCCNC)c2cn1. The number of rotatable bonds is 8. The van der Waals surface area contributed by atoms with Gasteiger partial charge < -0.3 is 20.7 Å². The van der Waals surface area contributed by atoms with E-state index < -0.39 is 6.09 Å². The van der Waals surface area contributed by atoms with Gasteiger partial charge in [-0.1, -0.05) is 12.1 Å². The van der Waals surface area contributed by atoms with Crippen LogP contribution in [0.3, 0.4) is 0 Å². The lowest BCUT2D eigenvalue weighted by Gasteiger charge is -2.14. The second kappa shape index (κ2) is 10.9. The Kier molecular flexibility index (Phi) is 7.72. The Morgan fingerprint density at radius 2 is 1.87 bits per heavy atom. The number of nitrogens with zero attached hydrogens (tertiary/aromatic N) is 2. The zero-order chi connectivity index (χ0) is 22.1. The molecule has 3 amide bonds. The van der Waals surface area contributed by atoms with Crippen LogP contribution in [-0.4, -0.2) is 48.8 Å². The standard InChI is InChI=1S/C22H26N6O3/c1-3-25-21(29)28-20-12-18-17(15-6-8-24-9-7-15)5-4-16(19(18)14-26-20)13-27-22(30)31-11-10-23-2/h4-9,12,14,23H,3,10-11,13H2,1-2H3,(H,27,30)(H2,25,26,28,29). The largest absolute Gasteiger partial charge is 0.448 e. The first kappa shape index (κ1) is 22.0. The Labute approximate surface area is 180 Å². The van der Waals surface area contributed by atoms with Crippen molar-refractivity contribution in [2.45, 2.75) is 13.5 Å². The molecular formula is C22H26N6O3. The highest BCUT2D eigenvalue weighted by molar-refractivity contribution is 6.00. The minimum atomic E-state index is -0.482. The molecule has 4 N–H and O–H groups in total. The number of hydrogen-bond donors (Lipinski definition) is 4. The molecule has 9 nitrogen and oxygen atoms in total. The Bertz CT molecular complexity index is 1040. The van der Waals surface area contributed by atoms with Crippen molar-refractivity contribution < 1.29 is 14.3 Å². The van der Waals surface area contributed by atoms with Gasteiger partial charge in [-0.2, -0.15) is 0 Å². The normalized spacial score (nSPS) is 10.5. The first-order valence-corrected chi connectivity index (χ1v) is 10.0. The molecule has 1 aromatic carbocycles. The number of pyridine rings is 2. The van der Waals surface area contributed by atoms with E-state index in [1.54, 1.807) is 25.6 Å². The van der Waals surface area contributed by atoms with Gasteiger partial charge in [-0.25, -0.2) is 14.6 Å². The van der Waals surface area contributed by atoms with Crippen molar-refractivity contribution in [2.75, 3.05) is 32.1 Å². The first-order valence-electron chi connectivity index (χ1n) is 10.0. The van der Waals surface area contributed by atoms with E-state index in [1.165, 1.54) is 0 Å². The molecule has 0 aliphatic heterocycles. The topological polar surface area (TPSA) is 117 Å². The van der Waals surface area contributed by atoms with E-state index in [1.807, 2.05) is 37.3 Å². The van der Waals surface area contributed by atoms with Crippen LogP contribution >= 0.6 is 0 Å². The van der Waals surface area contributed by atoms with Crippen molar-refractivity contribution >= 4 is 28.7 Å². The number of benzene rings is 1. The molecule has 0 saturated carbocycles. The average molecular weight is 422 g/mol. The molecule has 0 fully saturated rings. The molecule has 9 heteroatoms. The highest BCUT2D eigenvalue weighted by atomic mass is 16.5. The molecule has 162 valence electrons. The molecule has 0 spiro atoms. The monoisotopic (exact) mass is 422 g/mol. The van der Waals surface area contributed by atoms with Gasteiger partial charge in [0.25, 0.3) is 0 Å². The van der Waals surface area contributed by atoms with Crippen LogP contribution in [0, 0.1) is 0 Å². The first-order chi connectivity index (χ1) is 15.1. The quantitative estimate of drug-likeness (QED) is 0.415. The number of carbonyl (C=O) groups is 2. The number of urea groups is 1. The summed E-state index contributed by atoms with van der Waals surface area (Å²) in [5.41, 5.74) is 2.84. The smallest absolute Gasteiger partial charge is 0.407 e. The highest BCUT2D eigenvalue weighted by Gasteiger charge is 2.12. The van der Waals surface area contributed by atoms with Gasteiger partial charge in [-0.05, 0) is 54.2 Å². The van der Waals surface area contributed by atoms with E-state index in [9.17, 15) is 9.59 Å². The molecule has 3 rings (SSSR count). The number of anilines is 1. The van der Waals surface area contributed by atoms with Crippen molar-refractivity contribution in [2.24, 2.45) is 0 Å². The van der Waals surface area contributed by atoms with Crippen LogP contribution in [-0.2, 0) is 11.3 Å². The lowest BCUT2D eigenvalue weighted by molar-refractivity contribution is 0.147. The second-order valence-corrected chi connectivity index (χ2v) is 6.70. The molecular weight excluding hydrogens is 396 g/mol. The average Bonchev–Trinajstić information content (AvgIpc) is 2.78. The number of aromatic nitrogens is 2. The summed E-state index contributed by atoms with van der Waals surface area (Å²) in [5.74, 6) is 0.436. The number of hydrogen-bond acceptors (Lipinski definition) is 6. The number of likely N-dealkylation sites (N-methyl/N-ethyl adjacent to an activating group) is 1. The molecule has 0 radical (unpaired) electrons. The van der Waals surface area contributed by atoms with E-state index >= 15 is 0 Å². The third-order valence-electron chi connectivity index (χ3n) is 4.57. The highest BCUT2D eigenvalue weighted by Crippen LogP contribution is 2.31. The number of carbonyl (C=O) groups excluding carboxylic acids is 2. The predicted octanol–water partition coefficient (Wildman–Crippen LogP) is 2.88. The van der Waals surface area contributed by atoms with Gasteiger partial charge in [-0.3, -0.25) is 10.3 Å². The lowest BCUT2D eigenvalue weighted by atomic mass is 9.96. The molecule has 31 heavy (non-hydrogen) atoms. The van der Waals surface area contributed by atoms with Gasteiger partial charge in [0, 0.05) is 43.6 Å². The summed E-state index contributed by atoms with van der Waals surface area (Å²) >= 11 is 0. The maximum Gasteiger partial charge on any atom is 0.407 e. The van der Waals surface area contributed by atoms with Gasteiger partial charge in [0.2, 0.25) is 0 Å². The van der Waals surface area contributed by atoms with E-state index in [-0.39, 0.29) is 12.6 Å². The summed E-state index contributed by atoms with van der Waals surface area (Å²) < 4.78 is 5.11. The van der Waals surface area contributed by atoms with Crippen LogP contribution < -0.4 is 21.3 Å². The Morgan fingerprint density at radius 1 is 1.06 bits per heavy atom. The van der Waals surface area contributed by atoms with Crippen molar-refractivity contribution in [3.05, 3.63) is 54.5 Å². The van der Waals surface area contributed by atoms with Gasteiger partial charge in [-0.15, -0.1) is 0 Å². The molecule has 0 aliphatic carbocycles. The van der Waals surface area contributed by atoms with Crippen molar-refractivity contribution in [1.29, 1.82) is 0 Å². The molecule has 0 bridgehead atoms. The van der Waals surface area contributed by atoms with Gasteiger partial charge >= 0.3 is 12.1 Å². The Hall–Kier alpha value is -3.72. The summed E-state index contributed by atoms with van der Waals surface area (Å²) in [7, 11) is 1.79. The number of alkyl carbamates (subject to hydrolysis) is 1. The zero-order valence-electron chi connectivity index (χ0n) is 17.6. The van der Waals surface area contributed by atoms with Crippen molar-refractivity contribution in [3.8, 4) is 11.1 Å². The minimum Gasteiger partial charge on any atom is -0.448 e. The maximum atomic E-state index is 11.9. The van der Waals surface area contributed by atoms with Crippen LogP contribution in [0.2, 0.25) is 0 Å². The van der Waals surface area contributed by atoms with Crippen LogP contribution in [0.25, 0.3) is 21.9 Å². The summed E-state index contributed by atoms with van der Waals surface area (Å²) in [6.07, 6.45) is 4.68. The fraction of sp³-hybridized carbons (Fsp3) is 0.273. The van der Waals surface area contributed by atoms with Gasteiger partial charge in [0.15, 0.2) is 0 Å². The number of fused-ring (bicyclic) bond motifs is 1. The summed E-state index contributed by atoms with van der Waals surface area (Å²) in [6.45, 7) is 3.53. The van der Waals surface area contributed by atoms with Crippen LogP contribution in [0.5, 0.6) is 0 Å². The molecule has 0 atom stereocenters. The molecule has 3 aromatic rings.